The molecule has 0 spiro atoms. The molecule has 1 aromatic heterocycles. The fourth-order valence-corrected chi connectivity index (χ4v) is 2.80. The van der Waals surface area contributed by atoms with Gasteiger partial charge in [0.2, 0.25) is 0 Å². The van der Waals surface area contributed by atoms with Crippen molar-refractivity contribution in [2.24, 2.45) is 5.41 Å². The molecule has 1 heterocycles. The van der Waals surface area contributed by atoms with Crippen LogP contribution >= 0.6 is 11.6 Å². The van der Waals surface area contributed by atoms with Crippen molar-refractivity contribution in [1.29, 1.82) is 0 Å². The maximum Gasteiger partial charge on any atom is 0.135 e. The molecule has 0 amide bonds. The Kier molecular flexibility index (Phi) is 4.79. The second kappa shape index (κ2) is 6.09. The lowest BCUT2D eigenvalue weighted by Crippen LogP contribution is -2.42. The molecule has 0 atom stereocenters. The average molecular weight is 312 g/mol. The number of anilines is 1. The SMILES string of the molecule is CC(C)c1nc(Cl)cc(NCC2(O)CCC(C)(C)CC2)n1. The van der Waals surface area contributed by atoms with Gasteiger partial charge in [0, 0.05) is 18.5 Å². The molecule has 1 aliphatic carbocycles. The van der Waals surface area contributed by atoms with Gasteiger partial charge in [-0.3, -0.25) is 0 Å². The summed E-state index contributed by atoms with van der Waals surface area (Å²) in [6.07, 6.45) is 3.74. The number of rotatable bonds is 4. The van der Waals surface area contributed by atoms with Crippen molar-refractivity contribution in [3.05, 3.63) is 17.0 Å². The van der Waals surface area contributed by atoms with Gasteiger partial charge in [0.1, 0.15) is 16.8 Å². The normalized spacial score (nSPS) is 20.5. The van der Waals surface area contributed by atoms with Crippen LogP contribution in [0.3, 0.4) is 0 Å². The van der Waals surface area contributed by atoms with Gasteiger partial charge in [-0.25, -0.2) is 9.97 Å². The van der Waals surface area contributed by atoms with E-state index in [9.17, 15) is 5.11 Å². The molecule has 0 saturated heterocycles. The quantitative estimate of drug-likeness (QED) is 0.825. The summed E-state index contributed by atoms with van der Waals surface area (Å²) < 4.78 is 0. The van der Waals surface area contributed by atoms with Gasteiger partial charge in [-0.05, 0) is 31.1 Å². The number of halogens is 1. The molecule has 2 rings (SSSR count). The molecule has 4 nitrogen and oxygen atoms in total. The van der Waals surface area contributed by atoms with Gasteiger partial charge in [0.05, 0.1) is 5.60 Å². The zero-order chi connectivity index (χ0) is 15.7. The number of hydrogen-bond donors (Lipinski definition) is 2. The van der Waals surface area contributed by atoms with E-state index in [0.29, 0.717) is 22.9 Å². The van der Waals surface area contributed by atoms with Crippen LogP contribution in [0.25, 0.3) is 0 Å². The van der Waals surface area contributed by atoms with E-state index >= 15 is 0 Å². The van der Waals surface area contributed by atoms with Gasteiger partial charge in [-0.15, -0.1) is 0 Å². The van der Waals surface area contributed by atoms with Gasteiger partial charge in [-0.1, -0.05) is 39.3 Å². The van der Waals surface area contributed by atoms with E-state index in [1.807, 2.05) is 13.8 Å². The standard InChI is InChI=1S/C16H26ClN3O/c1-11(2)14-19-12(17)9-13(20-14)18-10-16(21)7-5-15(3,4)6-8-16/h9,11,21H,5-8,10H2,1-4H3,(H,18,19,20). The van der Waals surface area contributed by atoms with E-state index in [1.54, 1.807) is 6.07 Å². The largest absolute Gasteiger partial charge is 0.388 e. The van der Waals surface area contributed by atoms with Crippen LogP contribution in [0.1, 0.15) is 65.1 Å². The molecule has 1 aromatic rings. The second-order valence-electron chi connectivity index (χ2n) is 7.33. The third-order valence-corrected chi connectivity index (χ3v) is 4.56. The summed E-state index contributed by atoms with van der Waals surface area (Å²) >= 11 is 6.03. The fraction of sp³-hybridized carbons (Fsp3) is 0.750. The Morgan fingerprint density at radius 3 is 2.43 bits per heavy atom. The molecule has 1 saturated carbocycles. The highest BCUT2D eigenvalue weighted by Crippen LogP contribution is 2.40. The Balaban J connectivity index is 2.00. The molecule has 5 heteroatoms. The van der Waals surface area contributed by atoms with Gasteiger partial charge < -0.3 is 10.4 Å². The van der Waals surface area contributed by atoms with Crippen LogP contribution in [0, 0.1) is 5.41 Å². The number of aromatic nitrogens is 2. The molecule has 2 N–H and O–H groups in total. The molecule has 0 bridgehead atoms. The maximum absolute atomic E-state index is 10.7. The summed E-state index contributed by atoms with van der Waals surface area (Å²) in [7, 11) is 0. The van der Waals surface area contributed by atoms with Crippen LogP contribution in [0.4, 0.5) is 5.82 Å². The molecule has 118 valence electrons. The first-order valence-electron chi connectivity index (χ1n) is 7.70. The smallest absolute Gasteiger partial charge is 0.135 e. The summed E-state index contributed by atoms with van der Waals surface area (Å²) in [5.74, 6) is 1.64. The minimum absolute atomic E-state index is 0.225. The first-order chi connectivity index (χ1) is 9.69. The van der Waals surface area contributed by atoms with E-state index in [4.69, 9.17) is 11.6 Å². The molecule has 0 aromatic carbocycles. The van der Waals surface area contributed by atoms with Gasteiger partial charge in [0.25, 0.3) is 0 Å². The van der Waals surface area contributed by atoms with Crippen LogP contribution in [-0.2, 0) is 0 Å². The minimum atomic E-state index is -0.648. The highest BCUT2D eigenvalue weighted by Gasteiger charge is 2.36. The highest BCUT2D eigenvalue weighted by atomic mass is 35.5. The predicted molar refractivity (Wildman–Crippen MR) is 86.8 cm³/mol. The molecule has 1 fully saturated rings. The summed E-state index contributed by atoms with van der Waals surface area (Å²) in [5.41, 5.74) is -0.305. The lowest BCUT2D eigenvalue weighted by molar-refractivity contribution is -0.0145. The summed E-state index contributed by atoms with van der Waals surface area (Å²) in [4.78, 5) is 8.68. The Morgan fingerprint density at radius 1 is 1.24 bits per heavy atom. The lowest BCUT2D eigenvalue weighted by Gasteiger charge is -2.40. The highest BCUT2D eigenvalue weighted by molar-refractivity contribution is 6.29. The Morgan fingerprint density at radius 2 is 1.86 bits per heavy atom. The first-order valence-corrected chi connectivity index (χ1v) is 8.08. The van der Waals surface area contributed by atoms with Crippen molar-refractivity contribution >= 4 is 17.4 Å². The third kappa shape index (κ3) is 4.55. The van der Waals surface area contributed by atoms with Gasteiger partial charge in [0.15, 0.2) is 0 Å². The van der Waals surface area contributed by atoms with Crippen molar-refractivity contribution in [1.82, 2.24) is 9.97 Å². The first kappa shape index (κ1) is 16.5. The second-order valence-corrected chi connectivity index (χ2v) is 7.72. The van der Waals surface area contributed by atoms with Gasteiger partial charge >= 0.3 is 0 Å². The van der Waals surface area contributed by atoms with E-state index in [1.165, 1.54) is 0 Å². The van der Waals surface area contributed by atoms with E-state index in [-0.39, 0.29) is 5.92 Å². The van der Waals surface area contributed by atoms with E-state index in [0.717, 1.165) is 31.5 Å². The Hall–Kier alpha value is -0.870. The number of aliphatic hydroxyl groups is 1. The summed E-state index contributed by atoms with van der Waals surface area (Å²) in [6, 6.07) is 1.71. The molecule has 0 unspecified atom stereocenters. The topological polar surface area (TPSA) is 58.0 Å². The van der Waals surface area contributed by atoms with Gasteiger partial charge in [-0.2, -0.15) is 0 Å². The molecule has 0 radical (unpaired) electrons. The zero-order valence-electron chi connectivity index (χ0n) is 13.4. The molecule has 1 aliphatic rings. The number of nitrogens with zero attached hydrogens (tertiary/aromatic N) is 2. The van der Waals surface area contributed by atoms with Crippen molar-refractivity contribution in [3.63, 3.8) is 0 Å². The lowest BCUT2D eigenvalue weighted by atomic mass is 9.71. The van der Waals surface area contributed by atoms with Crippen molar-refractivity contribution < 1.29 is 5.11 Å². The van der Waals surface area contributed by atoms with Crippen LogP contribution in [-0.4, -0.2) is 27.2 Å². The molecular weight excluding hydrogens is 286 g/mol. The maximum atomic E-state index is 10.7. The van der Waals surface area contributed by atoms with E-state index < -0.39 is 5.60 Å². The molecular formula is C16H26ClN3O. The van der Waals surface area contributed by atoms with Crippen LogP contribution in [0.5, 0.6) is 0 Å². The third-order valence-electron chi connectivity index (χ3n) is 4.36. The number of nitrogens with one attached hydrogen (secondary N) is 1. The number of hydrogen-bond acceptors (Lipinski definition) is 4. The van der Waals surface area contributed by atoms with Crippen molar-refractivity contribution in [2.75, 3.05) is 11.9 Å². The van der Waals surface area contributed by atoms with Crippen LogP contribution in [0.15, 0.2) is 6.07 Å². The molecule has 21 heavy (non-hydrogen) atoms. The van der Waals surface area contributed by atoms with Crippen molar-refractivity contribution in [2.45, 2.75) is 64.9 Å². The zero-order valence-corrected chi connectivity index (χ0v) is 14.2. The average Bonchev–Trinajstić information content (AvgIpc) is 2.40. The monoisotopic (exact) mass is 311 g/mol. The predicted octanol–water partition coefficient (Wildman–Crippen LogP) is 4.00. The fourth-order valence-electron chi connectivity index (χ4n) is 2.61. The van der Waals surface area contributed by atoms with E-state index in [2.05, 4.69) is 29.1 Å². The minimum Gasteiger partial charge on any atom is -0.388 e. The van der Waals surface area contributed by atoms with Crippen molar-refractivity contribution in [3.8, 4) is 0 Å². The van der Waals surface area contributed by atoms with Crippen LogP contribution < -0.4 is 5.32 Å². The summed E-state index contributed by atoms with van der Waals surface area (Å²) in [6.45, 7) is 9.10. The summed E-state index contributed by atoms with van der Waals surface area (Å²) in [5, 5.41) is 14.3. The Labute approximate surface area is 132 Å². The Bertz CT molecular complexity index is 492. The van der Waals surface area contributed by atoms with Crippen LogP contribution in [0.2, 0.25) is 5.15 Å². The molecule has 0 aliphatic heterocycles.